The van der Waals surface area contributed by atoms with Crippen molar-refractivity contribution in [3.8, 4) is 0 Å². The summed E-state index contributed by atoms with van der Waals surface area (Å²) in [6, 6.07) is 0. The van der Waals surface area contributed by atoms with Crippen LogP contribution < -0.4 is 0 Å². The van der Waals surface area contributed by atoms with Crippen molar-refractivity contribution in [3.05, 3.63) is 0 Å². The van der Waals surface area contributed by atoms with Crippen molar-refractivity contribution in [3.63, 3.8) is 0 Å². The summed E-state index contributed by atoms with van der Waals surface area (Å²) in [7, 11) is -2.75. The smallest absolute Gasteiger partial charge is 0.256 e. The van der Waals surface area contributed by atoms with E-state index >= 15 is 0 Å². The van der Waals surface area contributed by atoms with Gasteiger partial charge < -0.3 is 4.74 Å². The molecule has 0 saturated carbocycles. The lowest BCUT2D eigenvalue weighted by molar-refractivity contribution is 0.426. The summed E-state index contributed by atoms with van der Waals surface area (Å²) in [5, 5.41) is 0. The highest BCUT2D eigenvalue weighted by molar-refractivity contribution is 8.16. The van der Waals surface area contributed by atoms with E-state index < -0.39 is 20.7 Å². The SMILES string of the molecule is COC(=S)S(C)=NS(C)(=O)=O. The lowest BCUT2D eigenvalue weighted by atomic mass is 11.5. The molecule has 0 fully saturated rings. The molecule has 0 saturated heterocycles. The second-order valence-corrected chi connectivity index (χ2v) is 5.76. The van der Waals surface area contributed by atoms with Gasteiger partial charge in [0.25, 0.3) is 10.0 Å². The predicted molar refractivity (Wildman–Crippen MR) is 50.2 cm³/mol. The number of thiocarbonyl (C=S) groups is 1. The Balaban J connectivity index is 4.62. The van der Waals surface area contributed by atoms with Crippen molar-refractivity contribution in [2.75, 3.05) is 19.6 Å². The highest BCUT2D eigenvalue weighted by Crippen LogP contribution is 1.95. The van der Waals surface area contributed by atoms with Gasteiger partial charge in [-0.25, -0.2) is 8.42 Å². The first-order chi connectivity index (χ1) is 4.87. The molecular weight excluding hydrogens is 206 g/mol. The molecule has 4 nitrogen and oxygen atoms in total. The topological polar surface area (TPSA) is 55.7 Å². The van der Waals surface area contributed by atoms with E-state index in [1.165, 1.54) is 7.11 Å². The van der Waals surface area contributed by atoms with Gasteiger partial charge in [-0.05, 0) is 22.9 Å². The number of nitrogens with zero attached hydrogens (tertiary/aromatic N) is 1. The number of hydrogen-bond acceptors (Lipinski definition) is 4. The van der Waals surface area contributed by atoms with Crippen molar-refractivity contribution in [2.24, 2.45) is 3.77 Å². The maximum atomic E-state index is 10.6. The summed E-state index contributed by atoms with van der Waals surface area (Å²) in [4.78, 5) is 0. The van der Waals surface area contributed by atoms with E-state index in [0.29, 0.717) is 0 Å². The summed E-state index contributed by atoms with van der Waals surface area (Å²) in [5.74, 6) is 0. The van der Waals surface area contributed by atoms with Gasteiger partial charge in [0.1, 0.15) is 0 Å². The van der Waals surface area contributed by atoms with Crippen LogP contribution in [-0.4, -0.2) is 32.4 Å². The van der Waals surface area contributed by atoms with Gasteiger partial charge >= 0.3 is 0 Å². The molecule has 0 aliphatic heterocycles. The van der Waals surface area contributed by atoms with E-state index in [1.54, 1.807) is 6.26 Å². The molecule has 7 heteroatoms. The highest BCUT2D eigenvalue weighted by Gasteiger charge is 2.02. The van der Waals surface area contributed by atoms with Crippen LogP contribution in [0.25, 0.3) is 0 Å². The van der Waals surface area contributed by atoms with E-state index in [-0.39, 0.29) is 4.38 Å². The van der Waals surface area contributed by atoms with E-state index in [2.05, 4.69) is 20.7 Å². The molecule has 0 rings (SSSR count). The zero-order chi connectivity index (χ0) is 9.07. The molecule has 0 amide bonds. The number of methoxy groups -OCH3 is 1. The number of sulfonamides is 1. The van der Waals surface area contributed by atoms with Gasteiger partial charge in [-0.3, -0.25) is 0 Å². The maximum Gasteiger partial charge on any atom is 0.256 e. The Kier molecular flexibility index (Phi) is 4.12. The Labute approximate surface area is 74.1 Å². The van der Waals surface area contributed by atoms with Crippen LogP contribution in [0.15, 0.2) is 3.77 Å². The molecular formula is C4H9NO3S3. The van der Waals surface area contributed by atoms with Gasteiger partial charge in [0.15, 0.2) is 0 Å². The molecule has 1 unspecified atom stereocenters. The minimum Gasteiger partial charge on any atom is -0.481 e. The zero-order valence-electron chi connectivity index (χ0n) is 6.40. The summed E-state index contributed by atoms with van der Waals surface area (Å²) in [5.41, 5.74) is 0. The van der Waals surface area contributed by atoms with Crippen molar-refractivity contribution < 1.29 is 13.2 Å². The average Bonchev–Trinajstić information content (AvgIpc) is 1.82. The Hall–Kier alpha value is -0.0100. The van der Waals surface area contributed by atoms with E-state index in [0.717, 1.165) is 6.26 Å². The zero-order valence-corrected chi connectivity index (χ0v) is 8.85. The molecule has 0 radical (unpaired) electrons. The summed E-state index contributed by atoms with van der Waals surface area (Å²) in [6.45, 7) is 0. The first-order valence-corrected chi connectivity index (χ1v) is 6.38. The van der Waals surface area contributed by atoms with Gasteiger partial charge in [-0.1, -0.05) is 0 Å². The monoisotopic (exact) mass is 215 g/mol. The fourth-order valence-corrected chi connectivity index (χ4v) is 2.74. The van der Waals surface area contributed by atoms with E-state index in [1.807, 2.05) is 0 Å². The second-order valence-electron chi connectivity index (χ2n) is 1.74. The summed E-state index contributed by atoms with van der Waals surface area (Å²) in [6.07, 6.45) is 2.61. The largest absolute Gasteiger partial charge is 0.481 e. The quantitative estimate of drug-likeness (QED) is 0.591. The Morgan fingerprint density at radius 3 is 2.36 bits per heavy atom. The van der Waals surface area contributed by atoms with Crippen LogP contribution in [0.1, 0.15) is 0 Å². The normalized spacial score (nSPS) is 14.5. The van der Waals surface area contributed by atoms with E-state index in [9.17, 15) is 8.42 Å². The van der Waals surface area contributed by atoms with Crippen LogP contribution in [0.3, 0.4) is 0 Å². The number of ether oxygens (including phenoxy) is 1. The molecule has 0 heterocycles. The van der Waals surface area contributed by atoms with Crippen LogP contribution in [0.4, 0.5) is 0 Å². The molecule has 0 aromatic rings. The minimum atomic E-state index is -3.31. The summed E-state index contributed by atoms with van der Waals surface area (Å²) >= 11 is 4.68. The highest BCUT2D eigenvalue weighted by atomic mass is 32.3. The number of rotatable bonds is 1. The maximum absolute atomic E-state index is 10.6. The van der Waals surface area contributed by atoms with Gasteiger partial charge in [0, 0.05) is 6.26 Å². The van der Waals surface area contributed by atoms with Crippen molar-refractivity contribution >= 4 is 37.3 Å². The van der Waals surface area contributed by atoms with Gasteiger partial charge in [0.2, 0.25) is 4.38 Å². The van der Waals surface area contributed by atoms with Crippen LogP contribution in [0, 0.1) is 0 Å². The van der Waals surface area contributed by atoms with Gasteiger partial charge in [0.05, 0.1) is 13.4 Å². The molecule has 0 aliphatic carbocycles. The minimum absolute atomic E-state index is 0.204. The molecule has 0 aliphatic rings. The molecule has 1 atom stereocenters. The first-order valence-electron chi connectivity index (χ1n) is 2.54. The molecule has 0 N–H and O–H groups in total. The van der Waals surface area contributed by atoms with Crippen LogP contribution in [-0.2, 0) is 25.5 Å². The molecule has 0 bridgehead atoms. The van der Waals surface area contributed by atoms with E-state index in [4.69, 9.17) is 0 Å². The third-order valence-corrected chi connectivity index (χ3v) is 4.17. The Morgan fingerprint density at radius 1 is 1.64 bits per heavy atom. The standard InChI is InChI=1S/C4H9NO3S3/c1-8-4(9)10(2)5-11(3,6)7/h1-3H3. The Morgan fingerprint density at radius 2 is 2.09 bits per heavy atom. The first kappa shape index (κ1) is 11.0. The van der Waals surface area contributed by atoms with Crippen LogP contribution >= 0.6 is 12.2 Å². The molecule has 0 aromatic heterocycles. The molecule has 11 heavy (non-hydrogen) atoms. The van der Waals surface area contributed by atoms with Crippen LogP contribution in [0.5, 0.6) is 0 Å². The average molecular weight is 215 g/mol. The third kappa shape index (κ3) is 5.28. The lowest BCUT2D eigenvalue weighted by Crippen LogP contribution is -2.06. The lowest BCUT2D eigenvalue weighted by Gasteiger charge is -1.99. The number of hydrogen-bond donors (Lipinski definition) is 0. The Bertz CT molecular complexity index is 279. The fraction of sp³-hybridized carbons (Fsp3) is 0.750. The van der Waals surface area contributed by atoms with Crippen LogP contribution in [0.2, 0.25) is 0 Å². The van der Waals surface area contributed by atoms with Gasteiger partial charge in [-0.2, -0.15) is 0 Å². The second kappa shape index (κ2) is 4.13. The van der Waals surface area contributed by atoms with Gasteiger partial charge in [-0.15, -0.1) is 3.77 Å². The fourth-order valence-electron chi connectivity index (χ4n) is 0.354. The third-order valence-electron chi connectivity index (χ3n) is 0.655. The summed E-state index contributed by atoms with van der Waals surface area (Å²) < 4.78 is 29.4. The molecule has 0 aromatic carbocycles. The molecule has 0 spiro atoms. The predicted octanol–water partition coefficient (Wildman–Crippen LogP) is 0.309. The van der Waals surface area contributed by atoms with Crippen molar-refractivity contribution in [1.29, 1.82) is 0 Å². The van der Waals surface area contributed by atoms with Crippen molar-refractivity contribution in [2.45, 2.75) is 0 Å². The van der Waals surface area contributed by atoms with Crippen molar-refractivity contribution in [1.82, 2.24) is 0 Å². The molecule has 66 valence electrons.